The molecule has 0 aliphatic heterocycles. The molecular formula is C18H30IN5OS. The van der Waals surface area contributed by atoms with E-state index in [1.54, 1.807) is 11.3 Å². The Kier molecular flexibility index (Phi) is 7.72. The van der Waals surface area contributed by atoms with Crippen molar-refractivity contribution in [3.05, 3.63) is 23.5 Å². The van der Waals surface area contributed by atoms with E-state index < -0.39 is 0 Å². The third-order valence-corrected chi connectivity index (χ3v) is 6.35. The van der Waals surface area contributed by atoms with Gasteiger partial charge >= 0.3 is 0 Å². The van der Waals surface area contributed by atoms with Gasteiger partial charge in [0.15, 0.2) is 10.9 Å². The molecule has 2 unspecified atom stereocenters. The molecule has 0 saturated heterocycles. The van der Waals surface area contributed by atoms with Gasteiger partial charge in [0.2, 0.25) is 0 Å². The summed E-state index contributed by atoms with van der Waals surface area (Å²) in [5.74, 6) is 0.836. The first kappa shape index (κ1) is 21.4. The molecule has 2 atom stereocenters. The lowest BCUT2D eigenvalue weighted by molar-refractivity contribution is -0.133. The predicted molar refractivity (Wildman–Crippen MR) is 119 cm³/mol. The highest BCUT2D eigenvalue weighted by atomic mass is 127. The van der Waals surface area contributed by atoms with Crippen molar-refractivity contribution in [1.82, 2.24) is 20.0 Å². The van der Waals surface area contributed by atoms with Gasteiger partial charge in [-0.3, -0.25) is 9.39 Å². The number of nitrogens with zero attached hydrogens (tertiary/aromatic N) is 3. The highest BCUT2D eigenvalue weighted by Gasteiger charge is 2.53. The molecule has 146 valence electrons. The Hall–Kier alpha value is -0.870. The number of aliphatic imine (C=N–C) groups is 1. The second-order valence-corrected chi connectivity index (χ2v) is 7.44. The molecule has 6 nitrogen and oxygen atoms in total. The molecule has 0 spiro atoms. The van der Waals surface area contributed by atoms with Crippen molar-refractivity contribution in [2.75, 3.05) is 13.7 Å². The first-order valence-corrected chi connectivity index (χ1v) is 10.0. The maximum Gasteiger partial charge on any atom is 0.193 e. The Bertz CT molecular complexity index is 696. The van der Waals surface area contributed by atoms with Gasteiger partial charge in [0.25, 0.3) is 0 Å². The Morgan fingerprint density at radius 3 is 2.81 bits per heavy atom. The van der Waals surface area contributed by atoms with E-state index in [1.165, 1.54) is 0 Å². The molecule has 2 heterocycles. The summed E-state index contributed by atoms with van der Waals surface area (Å²) in [4.78, 5) is 10.0. The van der Waals surface area contributed by atoms with Crippen LogP contribution in [-0.2, 0) is 11.3 Å². The average molecular weight is 491 g/mol. The van der Waals surface area contributed by atoms with E-state index in [2.05, 4.69) is 52.0 Å². The van der Waals surface area contributed by atoms with Crippen molar-refractivity contribution in [3.63, 3.8) is 0 Å². The minimum absolute atomic E-state index is 0. The molecule has 3 rings (SSSR count). The van der Waals surface area contributed by atoms with Crippen LogP contribution >= 0.6 is 35.3 Å². The van der Waals surface area contributed by atoms with Crippen molar-refractivity contribution in [1.29, 1.82) is 0 Å². The number of fused-ring (bicyclic) bond motifs is 1. The summed E-state index contributed by atoms with van der Waals surface area (Å²) in [6, 6.07) is 0.399. The summed E-state index contributed by atoms with van der Waals surface area (Å²) in [6.45, 7) is 8.05. The van der Waals surface area contributed by atoms with E-state index in [-0.39, 0.29) is 29.4 Å². The van der Waals surface area contributed by atoms with E-state index in [0.717, 1.165) is 42.5 Å². The van der Waals surface area contributed by atoms with Gasteiger partial charge in [-0.1, -0.05) is 13.8 Å². The minimum atomic E-state index is 0. The topological polar surface area (TPSA) is 63.0 Å². The Morgan fingerprint density at radius 1 is 1.42 bits per heavy atom. The third-order valence-electron chi connectivity index (χ3n) is 5.58. The standard InChI is InChI=1S/C18H29N5OS.HI/c1-5-18(6-2)14(10-15(18)24-7-3)22-16(19-4)20-11-13-12-23-8-9-25-17(23)21-13;/h8-9,12,14-15H,5-7,10-11H2,1-4H3,(H2,19,20,22);1H. The van der Waals surface area contributed by atoms with Gasteiger partial charge in [0.1, 0.15) is 0 Å². The number of rotatable bonds is 7. The van der Waals surface area contributed by atoms with Gasteiger partial charge in [0.05, 0.1) is 18.3 Å². The van der Waals surface area contributed by atoms with Crippen LogP contribution in [-0.4, -0.2) is 41.1 Å². The average Bonchev–Trinajstić information content (AvgIpc) is 3.19. The molecule has 2 aromatic rings. The minimum Gasteiger partial charge on any atom is -0.378 e. The number of ether oxygens (including phenoxy) is 1. The number of guanidine groups is 1. The van der Waals surface area contributed by atoms with Crippen molar-refractivity contribution in [2.24, 2.45) is 10.4 Å². The summed E-state index contributed by atoms with van der Waals surface area (Å²) in [6.07, 6.45) is 7.70. The molecule has 1 aliphatic rings. The van der Waals surface area contributed by atoms with E-state index in [4.69, 9.17) is 4.74 Å². The SMILES string of the molecule is CCOC1CC(NC(=NC)NCc2cn3ccsc3n2)C1(CC)CC.I. The van der Waals surface area contributed by atoms with Crippen LogP contribution in [0.5, 0.6) is 0 Å². The lowest BCUT2D eigenvalue weighted by Gasteiger charge is -2.55. The Balaban J connectivity index is 0.00000243. The van der Waals surface area contributed by atoms with Gasteiger partial charge in [-0.15, -0.1) is 35.3 Å². The van der Waals surface area contributed by atoms with Gasteiger partial charge in [-0.05, 0) is 26.2 Å². The van der Waals surface area contributed by atoms with Crippen molar-refractivity contribution < 1.29 is 4.74 Å². The van der Waals surface area contributed by atoms with E-state index in [0.29, 0.717) is 18.7 Å². The third kappa shape index (κ3) is 4.01. The maximum atomic E-state index is 5.96. The van der Waals surface area contributed by atoms with Crippen LogP contribution < -0.4 is 10.6 Å². The largest absolute Gasteiger partial charge is 0.378 e. The van der Waals surface area contributed by atoms with Crippen LogP contribution in [0.2, 0.25) is 0 Å². The lowest BCUT2D eigenvalue weighted by Crippen LogP contribution is -2.65. The summed E-state index contributed by atoms with van der Waals surface area (Å²) in [7, 11) is 1.82. The molecule has 0 aromatic carbocycles. The van der Waals surface area contributed by atoms with Gasteiger partial charge in [-0.2, -0.15) is 0 Å². The first-order valence-electron chi connectivity index (χ1n) is 9.16. The first-order chi connectivity index (χ1) is 12.2. The molecule has 1 aliphatic carbocycles. The van der Waals surface area contributed by atoms with Crippen molar-refractivity contribution in [2.45, 2.75) is 58.7 Å². The molecular weight excluding hydrogens is 461 g/mol. The number of hydrogen-bond donors (Lipinski definition) is 2. The smallest absolute Gasteiger partial charge is 0.193 e. The number of nitrogens with one attached hydrogen (secondary N) is 2. The Morgan fingerprint density at radius 2 is 2.19 bits per heavy atom. The van der Waals surface area contributed by atoms with Gasteiger partial charge in [0, 0.05) is 42.9 Å². The molecule has 8 heteroatoms. The predicted octanol–water partition coefficient (Wildman–Crippen LogP) is 3.66. The summed E-state index contributed by atoms with van der Waals surface area (Å²) in [5.41, 5.74) is 1.22. The summed E-state index contributed by atoms with van der Waals surface area (Å²) in [5, 5.41) is 9.05. The summed E-state index contributed by atoms with van der Waals surface area (Å²) >= 11 is 1.65. The fourth-order valence-electron chi connectivity index (χ4n) is 3.98. The summed E-state index contributed by atoms with van der Waals surface area (Å²) < 4.78 is 8.01. The van der Waals surface area contributed by atoms with Crippen LogP contribution in [0.15, 0.2) is 22.8 Å². The molecule has 0 radical (unpaired) electrons. The molecule has 1 fully saturated rings. The molecule has 0 amide bonds. The quantitative estimate of drug-likeness (QED) is 0.353. The zero-order chi connectivity index (χ0) is 17.9. The van der Waals surface area contributed by atoms with Gasteiger partial charge < -0.3 is 15.4 Å². The number of hydrogen-bond acceptors (Lipinski definition) is 4. The van der Waals surface area contributed by atoms with Crippen molar-refractivity contribution in [3.8, 4) is 0 Å². The fourth-order valence-corrected chi connectivity index (χ4v) is 4.70. The van der Waals surface area contributed by atoms with Gasteiger partial charge in [-0.25, -0.2) is 4.98 Å². The zero-order valence-corrected chi connectivity index (χ0v) is 19.1. The normalized spacial score (nSPS) is 21.9. The van der Waals surface area contributed by atoms with E-state index >= 15 is 0 Å². The number of thiazole rings is 1. The van der Waals surface area contributed by atoms with Crippen LogP contribution in [0.3, 0.4) is 0 Å². The van der Waals surface area contributed by atoms with Crippen LogP contribution in [0.4, 0.5) is 0 Å². The molecule has 2 aromatic heterocycles. The van der Waals surface area contributed by atoms with Crippen LogP contribution in [0.25, 0.3) is 4.96 Å². The van der Waals surface area contributed by atoms with Crippen LogP contribution in [0, 0.1) is 5.41 Å². The molecule has 1 saturated carbocycles. The number of halogens is 1. The second-order valence-electron chi connectivity index (χ2n) is 6.57. The maximum absolute atomic E-state index is 5.96. The second kappa shape index (κ2) is 9.36. The number of imidazole rings is 1. The highest BCUT2D eigenvalue weighted by Crippen LogP contribution is 2.48. The molecule has 2 N–H and O–H groups in total. The number of aromatic nitrogens is 2. The van der Waals surface area contributed by atoms with Crippen LogP contribution in [0.1, 0.15) is 45.7 Å². The monoisotopic (exact) mass is 491 g/mol. The lowest BCUT2D eigenvalue weighted by atomic mass is 9.58. The molecule has 0 bridgehead atoms. The molecule has 26 heavy (non-hydrogen) atoms. The highest BCUT2D eigenvalue weighted by molar-refractivity contribution is 14.0. The van der Waals surface area contributed by atoms with E-state index in [1.807, 2.05) is 18.6 Å². The van der Waals surface area contributed by atoms with Crippen molar-refractivity contribution >= 4 is 46.2 Å². The van der Waals surface area contributed by atoms with E-state index in [9.17, 15) is 0 Å². The fraction of sp³-hybridized carbons (Fsp3) is 0.667. The zero-order valence-electron chi connectivity index (χ0n) is 16.0. The Labute approximate surface area is 176 Å².